The molecule has 1 aliphatic rings. The van der Waals surface area contributed by atoms with Crippen molar-refractivity contribution in [3.8, 4) is 0 Å². The first-order chi connectivity index (χ1) is 10.7. The van der Waals surface area contributed by atoms with Crippen LogP contribution >= 0.6 is 0 Å². The Balaban J connectivity index is 2.10. The van der Waals surface area contributed by atoms with Crippen LogP contribution in [0.15, 0.2) is 18.2 Å². The predicted octanol–water partition coefficient (Wildman–Crippen LogP) is 2.76. The molecule has 0 spiro atoms. The zero-order valence-corrected chi connectivity index (χ0v) is 14.7. The van der Waals surface area contributed by atoms with Crippen LogP contribution in [0.2, 0.25) is 0 Å². The minimum absolute atomic E-state index is 0.0738. The molecule has 0 saturated carbocycles. The summed E-state index contributed by atoms with van der Waals surface area (Å²) in [6.07, 6.45) is -0.244. The van der Waals surface area contributed by atoms with Crippen LogP contribution in [0.5, 0.6) is 0 Å². The van der Waals surface area contributed by atoms with E-state index in [2.05, 4.69) is 16.3 Å². The summed E-state index contributed by atoms with van der Waals surface area (Å²) in [4.78, 5) is 16.4. The van der Waals surface area contributed by atoms with Crippen LogP contribution in [-0.4, -0.2) is 49.3 Å². The van der Waals surface area contributed by atoms with Gasteiger partial charge < -0.3 is 25.6 Å². The molecule has 128 valence electrons. The predicted molar refractivity (Wildman–Crippen MR) is 95.0 cm³/mol. The van der Waals surface area contributed by atoms with Crippen molar-refractivity contribution in [2.75, 3.05) is 42.6 Å². The highest BCUT2D eigenvalue weighted by Crippen LogP contribution is 2.32. The van der Waals surface area contributed by atoms with Crippen LogP contribution in [0, 0.1) is 0 Å². The quantitative estimate of drug-likeness (QED) is 0.820. The van der Waals surface area contributed by atoms with Gasteiger partial charge in [-0.25, -0.2) is 4.79 Å². The van der Waals surface area contributed by atoms with Crippen LogP contribution in [0.25, 0.3) is 0 Å². The van der Waals surface area contributed by atoms with E-state index in [1.54, 1.807) is 4.90 Å². The number of nitrogen functional groups attached to an aromatic ring is 1. The number of nitrogens with zero attached hydrogens (tertiary/aromatic N) is 2. The summed E-state index contributed by atoms with van der Waals surface area (Å²) in [7, 11) is 1.87. The van der Waals surface area contributed by atoms with Gasteiger partial charge in [0.15, 0.2) is 0 Å². The average molecular weight is 320 g/mol. The molecule has 0 bridgehead atoms. The van der Waals surface area contributed by atoms with Gasteiger partial charge >= 0.3 is 6.09 Å². The standard InChI is InChI=1S/C17H28N4O2/c1-12-11-20(14-8-6-7-13(18)15(14)19-5)9-10-21(12)16(22)23-17(2,3)4/h6-8,12,19H,9-11,18H2,1-5H3/t12-/m0/s1. The van der Waals surface area contributed by atoms with Gasteiger partial charge in [0.25, 0.3) is 0 Å². The van der Waals surface area contributed by atoms with Crippen LogP contribution in [0.3, 0.4) is 0 Å². The van der Waals surface area contributed by atoms with Crippen molar-refractivity contribution in [3.05, 3.63) is 18.2 Å². The molecule has 1 saturated heterocycles. The molecule has 3 N–H and O–H groups in total. The third-order valence-electron chi connectivity index (χ3n) is 3.92. The summed E-state index contributed by atoms with van der Waals surface area (Å²) < 4.78 is 5.49. The maximum absolute atomic E-state index is 12.3. The monoisotopic (exact) mass is 320 g/mol. The normalized spacial score (nSPS) is 18.7. The van der Waals surface area contributed by atoms with Gasteiger partial charge in [-0.2, -0.15) is 0 Å². The zero-order chi connectivity index (χ0) is 17.2. The third-order valence-corrected chi connectivity index (χ3v) is 3.92. The van der Waals surface area contributed by atoms with Gasteiger partial charge in [0.2, 0.25) is 0 Å². The Bertz CT molecular complexity index is 568. The van der Waals surface area contributed by atoms with Crippen molar-refractivity contribution >= 4 is 23.2 Å². The van der Waals surface area contributed by atoms with Crippen molar-refractivity contribution < 1.29 is 9.53 Å². The number of amides is 1. The maximum atomic E-state index is 12.3. The molecule has 0 unspecified atom stereocenters. The Morgan fingerprint density at radius 3 is 2.61 bits per heavy atom. The van der Waals surface area contributed by atoms with Crippen molar-refractivity contribution in [1.82, 2.24) is 4.90 Å². The van der Waals surface area contributed by atoms with Gasteiger partial charge in [-0.3, -0.25) is 0 Å². The van der Waals surface area contributed by atoms with E-state index in [0.29, 0.717) is 6.54 Å². The lowest BCUT2D eigenvalue weighted by Gasteiger charge is -2.41. The second-order valence-electron chi connectivity index (χ2n) is 6.96. The van der Waals surface area contributed by atoms with Crippen molar-refractivity contribution in [1.29, 1.82) is 0 Å². The lowest BCUT2D eigenvalue weighted by atomic mass is 10.1. The summed E-state index contributed by atoms with van der Waals surface area (Å²) in [5, 5.41) is 3.17. The highest BCUT2D eigenvalue weighted by molar-refractivity contribution is 5.82. The number of hydrogen-bond donors (Lipinski definition) is 2. The molecule has 2 rings (SSSR count). The van der Waals surface area contributed by atoms with Crippen LogP contribution in [-0.2, 0) is 4.74 Å². The van der Waals surface area contributed by atoms with Gasteiger partial charge in [-0.1, -0.05) is 6.07 Å². The number of carbonyl (C=O) groups is 1. The van der Waals surface area contributed by atoms with Gasteiger partial charge in [0.1, 0.15) is 5.60 Å². The van der Waals surface area contributed by atoms with Gasteiger partial charge in [-0.15, -0.1) is 0 Å². The molecular weight excluding hydrogens is 292 g/mol. The van der Waals surface area contributed by atoms with Crippen molar-refractivity contribution in [3.63, 3.8) is 0 Å². The number of carbonyl (C=O) groups excluding carboxylic acids is 1. The van der Waals surface area contributed by atoms with E-state index in [9.17, 15) is 4.79 Å². The van der Waals surface area contributed by atoms with Crippen LogP contribution in [0.1, 0.15) is 27.7 Å². The second kappa shape index (κ2) is 6.56. The first kappa shape index (κ1) is 17.2. The summed E-state index contributed by atoms with van der Waals surface area (Å²) in [5.41, 5.74) is 8.31. The number of rotatable bonds is 2. The Hall–Kier alpha value is -2.11. The minimum Gasteiger partial charge on any atom is -0.444 e. The number of benzene rings is 1. The van der Waals surface area contributed by atoms with E-state index in [0.717, 1.165) is 30.2 Å². The van der Waals surface area contributed by atoms with Crippen molar-refractivity contribution in [2.24, 2.45) is 0 Å². The molecule has 1 heterocycles. The van der Waals surface area contributed by atoms with Gasteiger partial charge in [0.05, 0.1) is 17.1 Å². The number of nitrogens with two attached hydrogens (primary N) is 1. The van der Waals surface area contributed by atoms with Gasteiger partial charge in [0, 0.05) is 32.7 Å². The van der Waals surface area contributed by atoms with Crippen molar-refractivity contribution in [2.45, 2.75) is 39.3 Å². The van der Waals surface area contributed by atoms with Crippen LogP contribution < -0.4 is 16.0 Å². The molecule has 1 aromatic rings. The number of piperazine rings is 1. The summed E-state index contributed by atoms with van der Waals surface area (Å²) in [5.74, 6) is 0. The summed E-state index contributed by atoms with van der Waals surface area (Å²) in [6.45, 7) is 9.84. The van der Waals surface area contributed by atoms with Gasteiger partial charge in [-0.05, 0) is 39.8 Å². The summed E-state index contributed by atoms with van der Waals surface area (Å²) in [6, 6.07) is 5.97. The molecule has 23 heavy (non-hydrogen) atoms. The molecule has 6 nitrogen and oxygen atoms in total. The lowest BCUT2D eigenvalue weighted by molar-refractivity contribution is 0.0159. The first-order valence-electron chi connectivity index (χ1n) is 8.03. The van der Waals surface area contributed by atoms with E-state index in [4.69, 9.17) is 10.5 Å². The fraction of sp³-hybridized carbons (Fsp3) is 0.588. The molecule has 0 aliphatic carbocycles. The SMILES string of the molecule is CNc1c(N)cccc1N1CCN(C(=O)OC(C)(C)C)[C@@H](C)C1. The van der Waals surface area contributed by atoms with E-state index in [1.165, 1.54) is 0 Å². The van der Waals surface area contributed by atoms with E-state index >= 15 is 0 Å². The van der Waals surface area contributed by atoms with E-state index in [-0.39, 0.29) is 12.1 Å². The summed E-state index contributed by atoms with van der Waals surface area (Å²) >= 11 is 0. The van der Waals surface area contributed by atoms with Crippen LogP contribution in [0.4, 0.5) is 21.9 Å². The molecule has 1 atom stereocenters. The number of para-hydroxylation sites is 1. The largest absolute Gasteiger partial charge is 0.444 e. The Morgan fingerprint density at radius 1 is 1.35 bits per heavy atom. The van der Waals surface area contributed by atoms with E-state index in [1.807, 2.05) is 46.9 Å². The highest BCUT2D eigenvalue weighted by Gasteiger charge is 2.31. The molecule has 0 aromatic heterocycles. The fourth-order valence-corrected chi connectivity index (χ4v) is 2.86. The molecule has 1 amide bonds. The third kappa shape index (κ3) is 4.00. The molecule has 6 heteroatoms. The average Bonchev–Trinajstić information content (AvgIpc) is 2.44. The Kier molecular flexibility index (Phi) is 4.92. The van der Waals surface area contributed by atoms with E-state index < -0.39 is 5.60 Å². The lowest BCUT2D eigenvalue weighted by Crippen LogP contribution is -2.55. The number of nitrogens with one attached hydrogen (secondary N) is 1. The Labute approximate surface area is 138 Å². The highest BCUT2D eigenvalue weighted by atomic mass is 16.6. The number of anilines is 3. The minimum atomic E-state index is -0.471. The fourth-order valence-electron chi connectivity index (χ4n) is 2.86. The molecule has 1 fully saturated rings. The Morgan fingerprint density at radius 2 is 2.04 bits per heavy atom. The number of ether oxygens (including phenoxy) is 1. The zero-order valence-electron chi connectivity index (χ0n) is 14.7. The molecule has 0 radical (unpaired) electrons. The maximum Gasteiger partial charge on any atom is 0.410 e. The smallest absolute Gasteiger partial charge is 0.410 e. The molecular formula is C17H28N4O2. The first-order valence-corrected chi connectivity index (χ1v) is 8.03. The number of hydrogen-bond acceptors (Lipinski definition) is 5. The second-order valence-corrected chi connectivity index (χ2v) is 6.96. The molecule has 1 aliphatic heterocycles. The topological polar surface area (TPSA) is 70.8 Å². The molecule has 1 aromatic carbocycles.